The van der Waals surface area contributed by atoms with Crippen molar-refractivity contribution in [3.05, 3.63) is 0 Å². The first kappa shape index (κ1) is 31.7. The molecule has 8 rings (SSSR count). The molecule has 5 saturated carbocycles. The molecule has 9 unspecified atom stereocenters. The van der Waals surface area contributed by atoms with Gasteiger partial charge in [-0.1, -0.05) is 34.6 Å². The number of ether oxygens (including phenoxy) is 3. The maximum atomic E-state index is 12.9. The molecule has 3 heterocycles. The number of nitrogens with zero attached hydrogens (tertiary/aromatic N) is 2. The van der Waals surface area contributed by atoms with Gasteiger partial charge in [0.15, 0.2) is 0 Å². The van der Waals surface area contributed by atoms with Gasteiger partial charge in [0.2, 0.25) is 0 Å². The summed E-state index contributed by atoms with van der Waals surface area (Å²) in [6.07, 6.45) is 14.4. The Hall–Kier alpha value is -1.54. The standard InChI is InChI=1S/C38H61N3O5.H2/c1-24(2)32(46-34(43)41-19-7-20-41)28-10-8-26-29(44-28)22-27-25-9-11-30-35(3,4)31(45-33(42)39-16-21-40-17-6-18-40)12-13-38(30)23-37(25,38)15-14-36(26,27)5;/h24-32H,6-23H2,1-5H3,(H,39,42);1H/t25?,26?,27?,28?,29?,30?,31-,32?,36?,37-,38?;/m0./s1. The van der Waals surface area contributed by atoms with Crippen LogP contribution in [-0.2, 0) is 14.2 Å². The second kappa shape index (κ2) is 11.2. The number of fused-ring (bicyclic) bond motifs is 4. The number of rotatable bonds is 7. The lowest BCUT2D eigenvalue weighted by molar-refractivity contribution is -0.151. The maximum Gasteiger partial charge on any atom is 0.410 e. The summed E-state index contributed by atoms with van der Waals surface area (Å²) in [5.41, 5.74) is 1.26. The zero-order valence-electron chi connectivity index (χ0n) is 29.4. The van der Waals surface area contributed by atoms with Crippen LogP contribution in [0.3, 0.4) is 0 Å². The molecule has 0 aromatic rings. The third-order valence-electron chi connectivity index (χ3n) is 15.8. The molecule has 0 aromatic heterocycles. The quantitative estimate of drug-likeness (QED) is 0.319. The lowest BCUT2D eigenvalue weighted by Gasteiger charge is -2.59. The van der Waals surface area contributed by atoms with Crippen LogP contribution in [0.4, 0.5) is 9.59 Å². The number of likely N-dealkylation sites (tertiary alicyclic amines) is 2. The van der Waals surface area contributed by atoms with Gasteiger partial charge >= 0.3 is 12.2 Å². The molecule has 3 saturated heterocycles. The molecule has 5 aliphatic carbocycles. The molecule has 11 atom stereocenters. The third-order valence-corrected chi connectivity index (χ3v) is 15.8. The van der Waals surface area contributed by atoms with Crippen LogP contribution in [0, 0.1) is 51.2 Å². The van der Waals surface area contributed by atoms with Crippen molar-refractivity contribution in [2.75, 3.05) is 39.3 Å². The zero-order valence-corrected chi connectivity index (χ0v) is 29.4. The highest BCUT2D eigenvalue weighted by Crippen LogP contribution is 2.87. The van der Waals surface area contributed by atoms with Crippen LogP contribution < -0.4 is 5.32 Å². The molecule has 8 heteroatoms. The molecule has 1 N–H and O–H groups in total. The minimum absolute atomic E-state index is 0. The van der Waals surface area contributed by atoms with Crippen LogP contribution in [0.2, 0.25) is 0 Å². The smallest absolute Gasteiger partial charge is 0.410 e. The first-order valence-corrected chi connectivity index (χ1v) is 19.3. The summed E-state index contributed by atoms with van der Waals surface area (Å²) in [6.45, 7) is 17.4. The Morgan fingerprint density at radius 1 is 0.913 bits per heavy atom. The predicted octanol–water partition coefficient (Wildman–Crippen LogP) is 7.11. The van der Waals surface area contributed by atoms with Crippen molar-refractivity contribution in [1.29, 1.82) is 0 Å². The highest BCUT2D eigenvalue weighted by atomic mass is 16.6. The highest BCUT2D eigenvalue weighted by molar-refractivity contribution is 5.68. The third kappa shape index (κ3) is 4.71. The molecule has 8 fully saturated rings. The Kier molecular flexibility index (Phi) is 7.75. The van der Waals surface area contributed by atoms with Gasteiger partial charge in [0.05, 0.1) is 12.2 Å². The molecule has 0 radical (unpaired) electrons. The van der Waals surface area contributed by atoms with Crippen LogP contribution in [0.5, 0.6) is 0 Å². The molecule has 46 heavy (non-hydrogen) atoms. The fourth-order valence-electron chi connectivity index (χ4n) is 13.1. The SMILES string of the molecule is CC(C)C(OC(=O)N1CCC1)C1CCC2C(CC3C4CCC5C(C)(C)[C@@H](OC(=O)NCCN6CCC6)CCC56C[C@@]46CCC23C)O1.[HH]. The van der Waals surface area contributed by atoms with Gasteiger partial charge in [-0.25, -0.2) is 9.59 Å². The molecule has 260 valence electrons. The first-order chi connectivity index (χ1) is 22.0. The van der Waals surface area contributed by atoms with Crippen LogP contribution >= 0.6 is 0 Å². The lowest BCUT2D eigenvalue weighted by atomic mass is 9.46. The van der Waals surface area contributed by atoms with Crippen molar-refractivity contribution in [3.63, 3.8) is 0 Å². The number of nitrogens with one attached hydrogen (secondary N) is 1. The molecule has 0 bridgehead atoms. The van der Waals surface area contributed by atoms with E-state index >= 15 is 0 Å². The molecule has 8 nitrogen and oxygen atoms in total. The van der Waals surface area contributed by atoms with Gasteiger partial charge < -0.3 is 29.3 Å². The molecule has 2 spiro atoms. The Balaban J connectivity index is 0.00000351. The minimum Gasteiger partial charge on any atom is -0.446 e. The van der Waals surface area contributed by atoms with E-state index in [0.717, 1.165) is 63.8 Å². The van der Waals surface area contributed by atoms with E-state index in [0.29, 0.717) is 40.7 Å². The number of hydrogen-bond donors (Lipinski definition) is 1. The van der Waals surface area contributed by atoms with Gasteiger partial charge in [0.1, 0.15) is 12.2 Å². The Bertz CT molecular complexity index is 1210. The second-order valence-electron chi connectivity index (χ2n) is 18.3. The van der Waals surface area contributed by atoms with E-state index in [1.807, 2.05) is 4.90 Å². The van der Waals surface area contributed by atoms with Gasteiger partial charge in [0, 0.05) is 33.0 Å². The van der Waals surface area contributed by atoms with E-state index in [4.69, 9.17) is 14.2 Å². The van der Waals surface area contributed by atoms with E-state index in [2.05, 4.69) is 44.8 Å². The van der Waals surface area contributed by atoms with E-state index in [-0.39, 0.29) is 43.3 Å². The molecule has 8 aliphatic rings. The average molecular weight is 642 g/mol. The van der Waals surface area contributed by atoms with Gasteiger partial charge in [-0.05, 0) is 136 Å². The number of amides is 2. The summed E-state index contributed by atoms with van der Waals surface area (Å²) in [7, 11) is 0. The normalized spacial score (nSPS) is 45.9. The Morgan fingerprint density at radius 2 is 1.67 bits per heavy atom. The van der Waals surface area contributed by atoms with Gasteiger partial charge in [0.25, 0.3) is 0 Å². The molecular formula is C38H63N3O5. The second-order valence-corrected chi connectivity index (χ2v) is 18.3. The van der Waals surface area contributed by atoms with Gasteiger partial charge in [-0.3, -0.25) is 0 Å². The summed E-state index contributed by atoms with van der Waals surface area (Å²) >= 11 is 0. The van der Waals surface area contributed by atoms with Crippen LogP contribution in [0.25, 0.3) is 0 Å². The highest BCUT2D eigenvalue weighted by Gasteiger charge is 2.81. The maximum absolute atomic E-state index is 12.9. The Morgan fingerprint density at radius 3 is 2.37 bits per heavy atom. The monoisotopic (exact) mass is 641 g/mol. The lowest BCUT2D eigenvalue weighted by Crippen LogP contribution is -2.55. The summed E-state index contributed by atoms with van der Waals surface area (Å²) in [6, 6.07) is 0. The van der Waals surface area contributed by atoms with E-state index < -0.39 is 0 Å². The largest absolute Gasteiger partial charge is 0.446 e. The van der Waals surface area contributed by atoms with E-state index in [9.17, 15) is 9.59 Å². The van der Waals surface area contributed by atoms with E-state index in [1.165, 1.54) is 57.8 Å². The minimum atomic E-state index is -0.218. The fraction of sp³-hybridized carbons (Fsp3) is 0.947. The first-order valence-electron chi connectivity index (χ1n) is 19.3. The van der Waals surface area contributed by atoms with Crippen molar-refractivity contribution in [3.8, 4) is 0 Å². The topological polar surface area (TPSA) is 80.3 Å². The zero-order chi connectivity index (χ0) is 32.1. The number of carbonyl (C=O) groups is 2. The molecular weight excluding hydrogens is 578 g/mol. The van der Waals surface area contributed by atoms with E-state index in [1.54, 1.807) is 0 Å². The van der Waals surface area contributed by atoms with Crippen molar-refractivity contribution < 1.29 is 25.2 Å². The fourth-order valence-corrected chi connectivity index (χ4v) is 13.1. The summed E-state index contributed by atoms with van der Waals surface area (Å²) in [5.74, 6) is 3.02. The van der Waals surface area contributed by atoms with Crippen LogP contribution in [-0.4, -0.2) is 85.7 Å². The number of carbonyl (C=O) groups excluding carboxylic acids is 2. The summed E-state index contributed by atoms with van der Waals surface area (Å²) < 4.78 is 19.4. The summed E-state index contributed by atoms with van der Waals surface area (Å²) in [5, 5.41) is 3.05. The predicted molar refractivity (Wildman–Crippen MR) is 178 cm³/mol. The molecule has 3 aliphatic heterocycles. The van der Waals surface area contributed by atoms with Crippen molar-refractivity contribution in [2.24, 2.45) is 51.2 Å². The van der Waals surface area contributed by atoms with Gasteiger partial charge in [-0.2, -0.15) is 0 Å². The van der Waals surface area contributed by atoms with Gasteiger partial charge in [-0.15, -0.1) is 0 Å². The van der Waals surface area contributed by atoms with Crippen molar-refractivity contribution >= 4 is 12.2 Å². The number of alkyl carbamates (subject to hydrolysis) is 1. The van der Waals surface area contributed by atoms with Crippen LogP contribution in [0.1, 0.15) is 113 Å². The van der Waals surface area contributed by atoms with Crippen molar-refractivity contribution in [2.45, 2.75) is 136 Å². The molecule has 2 amide bonds. The summed E-state index contributed by atoms with van der Waals surface area (Å²) in [4.78, 5) is 29.9. The average Bonchev–Trinajstić information content (AvgIpc) is 3.53. The number of hydrogen-bond acceptors (Lipinski definition) is 6. The Labute approximate surface area is 278 Å². The van der Waals surface area contributed by atoms with Crippen molar-refractivity contribution in [1.82, 2.24) is 15.1 Å². The molecule has 0 aromatic carbocycles. The van der Waals surface area contributed by atoms with Crippen LogP contribution in [0.15, 0.2) is 0 Å².